The maximum Gasteiger partial charge on any atom is 0.251 e. The van der Waals surface area contributed by atoms with Crippen molar-refractivity contribution in [1.82, 2.24) is 5.32 Å². The molecule has 0 spiro atoms. The minimum Gasteiger partial charge on any atom is -0.344 e. The summed E-state index contributed by atoms with van der Waals surface area (Å²) in [6, 6.07) is 5.57. The molecule has 0 aliphatic rings. The van der Waals surface area contributed by atoms with Crippen molar-refractivity contribution in [3.8, 4) is 0 Å². The van der Waals surface area contributed by atoms with E-state index in [1.54, 1.807) is 6.07 Å². The van der Waals surface area contributed by atoms with Crippen LogP contribution in [0, 0.1) is 6.92 Å². The summed E-state index contributed by atoms with van der Waals surface area (Å²) in [6.07, 6.45) is 0.693. The fourth-order valence-corrected chi connectivity index (χ4v) is 2.97. The van der Waals surface area contributed by atoms with Gasteiger partial charge in [0.1, 0.15) is 0 Å². The van der Waals surface area contributed by atoms with Crippen molar-refractivity contribution >= 4 is 45.0 Å². The van der Waals surface area contributed by atoms with Gasteiger partial charge in [-0.2, -0.15) is 0 Å². The number of benzene rings is 1. The molecule has 1 aromatic rings. The molecular weight excluding hydrogens is 337 g/mol. The number of amides is 1. The number of carbonyl (C=O) groups is 1. The van der Waals surface area contributed by atoms with Crippen molar-refractivity contribution in [3.63, 3.8) is 0 Å². The largest absolute Gasteiger partial charge is 0.344 e. The fourth-order valence-electron chi connectivity index (χ4n) is 1.56. The Morgan fingerprint density at radius 1 is 1.33 bits per heavy atom. The predicted octanol–water partition coefficient (Wildman–Crippen LogP) is 4.11. The molecule has 0 saturated carbocycles. The molecule has 0 bridgehead atoms. The highest BCUT2D eigenvalue weighted by Gasteiger charge is 2.28. The van der Waals surface area contributed by atoms with Crippen molar-refractivity contribution in [3.05, 3.63) is 33.8 Å². The third-order valence-electron chi connectivity index (χ3n) is 2.87. The van der Waals surface area contributed by atoms with E-state index in [0.717, 1.165) is 10.0 Å². The number of hydrogen-bond acceptors (Lipinski definition) is 1. The minimum absolute atomic E-state index is 0.150. The van der Waals surface area contributed by atoms with E-state index < -0.39 is 5.54 Å². The Labute approximate surface area is 126 Å². The molecule has 0 fully saturated rings. The lowest BCUT2D eigenvalue weighted by molar-refractivity contribution is 0.0913. The van der Waals surface area contributed by atoms with Gasteiger partial charge in [-0.15, -0.1) is 23.2 Å². The molecule has 100 valence electrons. The number of alkyl halides is 2. The highest BCUT2D eigenvalue weighted by Crippen LogP contribution is 2.19. The molecule has 18 heavy (non-hydrogen) atoms. The van der Waals surface area contributed by atoms with Crippen LogP contribution in [0.3, 0.4) is 0 Å². The highest BCUT2D eigenvalue weighted by molar-refractivity contribution is 9.10. The highest BCUT2D eigenvalue weighted by atomic mass is 79.9. The second-order valence-corrected chi connectivity index (χ2v) is 5.82. The van der Waals surface area contributed by atoms with E-state index in [1.807, 2.05) is 26.0 Å². The lowest BCUT2D eigenvalue weighted by atomic mass is 10.0. The third kappa shape index (κ3) is 3.87. The van der Waals surface area contributed by atoms with E-state index in [-0.39, 0.29) is 5.91 Å². The average Bonchev–Trinajstić information content (AvgIpc) is 2.35. The molecule has 1 aromatic carbocycles. The zero-order chi connectivity index (χ0) is 13.8. The Hall–Kier alpha value is -0.250. The fraction of sp³-hybridized carbons (Fsp3) is 0.462. The van der Waals surface area contributed by atoms with E-state index in [9.17, 15) is 4.79 Å². The van der Waals surface area contributed by atoms with Crippen LogP contribution in [-0.2, 0) is 0 Å². The molecule has 0 aromatic heterocycles. The van der Waals surface area contributed by atoms with E-state index >= 15 is 0 Å². The summed E-state index contributed by atoms with van der Waals surface area (Å²) in [5.41, 5.74) is 1.08. The van der Waals surface area contributed by atoms with Crippen molar-refractivity contribution in [2.75, 3.05) is 11.8 Å². The Morgan fingerprint density at radius 3 is 2.39 bits per heavy atom. The number of nitrogens with one attached hydrogen (secondary N) is 1. The van der Waals surface area contributed by atoms with Crippen LogP contribution in [0.2, 0.25) is 0 Å². The smallest absolute Gasteiger partial charge is 0.251 e. The number of aryl methyl sites for hydroxylation is 1. The predicted molar refractivity (Wildman–Crippen MR) is 80.8 cm³/mol. The molecule has 0 atom stereocenters. The molecule has 0 aliphatic carbocycles. The Bertz CT molecular complexity index is 404. The van der Waals surface area contributed by atoms with Gasteiger partial charge >= 0.3 is 0 Å². The maximum absolute atomic E-state index is 12.2. The lowest BCUT2D eigenvalue weighted by Crippen LogP contribution is -2.51. The molecule has 0 radical (unpaired) electrons. The van der Waals surface area contributed by atoms with Crippen LogP contribution in [-0.4, -0.2) is 23.2 Å². The van der Waals surface area contributed by atoms with E-state index in [4.69, 9.17) is 23.2 Å². The van der Waals surface area contributed by atoms with Gasteiger partial charge in [0.2, 0.25) is 0 Å². The van der Waals surface area contributed by atoms with Crippen LogP contribution < -0.4 is 5.32 Å². The maximum atomic E-state index is 12.2. The van der Waals surface area contributed by atoms with Crippen LogP contribution >= 0.6 is 39.1 Å². The molecule has 1 rings (SSSR count). The third-order valence-corrected chi connectivity index (χ3v) is 4.35. The van der Waals surface area contributed by atoms with Gasteiger partial charge in [-0.05, 0) is 37.1 Å². The summed E-state index contributed by atoms with van der Waals surface area (Å²) in [4.78, 5) is 12.2. The second-order valence-electron chi connectivity index (χ2n) is 4.37. The Morgan fingerprint density at radius 2 is 1.94 bits per heavy atom. The van der Waals surface area contributed by atoms with Crippen LogP contribution in [0.4, 0.5) is 0 Å². The SMILES string of the molecule is CCC(CCl)(CCl)NC(=O)c1cc(C)cc(Br)c1. The van der Waals surface area contributed by atoms with Crippen LogP contribution in [0.15, 0.2) is 22.7 Å². The zero-order valence-corrected chi connectivity index (χ0v) is 13.5. The molecule has 1 N–H and O–H groups in total. The minimum atomic E-state index is -0.545. The van der Waals surface area contributed by atoms with Crippen LogP contribution in [0.1, 0.15) is 29.3 Å². The summed E-state index contributed by atoms with van der Waals surface area (Å²) in [5, 5.41) is 2.93. The van der Waals surface area contributed by atoms with Gasteiger partial charge in [0.05, 0.1) is 5.54 Å². The summed E-state index contributed by atoms with van der Waals surface area (Å²) >= 11 is 15.2. The van der Waals surface area contributed by atoms with Crippen molar-refractivity contribution in [1.29, 1.82) is 0 Å². The molecular formula is C13H16BrCl2NO. The molecule has 0 saturated heterocycles. The van der Waals surface area contributed by atoms with E-state index in [2.05, 4.69) is 21.2 Å². The molecule has 5 heteroatoms. The standard InChI is InChI=1S/C13H16BrCl2NO/c1-3-13(7-15,8-16)17-12(18)10-4-9(2)5-11(14)6-10/h4-6H,3,7-8H2,1-2H3,(H,17,18). The first-order chi connectivity index (χ1) is 8.46. The number of halogens is 3. The van der Waals surface area contributed by atoms with Crippen molar-refractivity contribution < 1.29 is 4.79 Å². The number of carbonyl (C=O) groups excluding carboxylic acids is 1. The van der Waals surface area contributed by atoms with Gasteiger partial charge in [-0.25, -0.2) is 0 Å². The van der Waals surface area contributed by atoms with Crippen molar-refractivity contribution in [2.45, 2.75) is 25.8 Å². The summed E-state index contributed by atoms with van der Waals surface area (Å²) in [5.74, 6) is 0.444. The monoisotopic (exact) mass is 351 g/mol. The lowest BCUT2D eigenvalue weighted by Gasteiger charge is -2.29. The summed E-state index contributed by atoms with van der Waals surface area (Å²) < 4.78 is 0.881. The number of hydrogen-bond donors (Lipinski definition) is 1. The first-order valence-electron chi connectivity index (χ1n) is 5.68. The molecule has 0 heterocycles. The van der Waals surface area contributed by atoms with Crippen LogP contribution in [0.5, 0.6) is 0 Å². The summed E-state index contributed by atoms with van der Waals surface area (Å²) in [7, 11) is 0. The van der Waals surface area contributed by atoms with Gasteiger partial charge < -0.3 is 5.32 Å². The van der Waals surface area contributed by atoms with Gasteiger partial charge in [-0.1, -0.05) is 22.9 Å². The molecule has 0 aliphatic heterocycles. The molecule has 1 amide bonds. The van der Waals surface area contributed by atoms with Gasteiger partial charge in [0.25, 0.3) is 5.91 Å². The summed E-state index contributed by atoms with van der Waals surface area (Å²) in [6.45, 7) is 3.90. The topological polar surface area (TPSA) is 29.1 Å². The Balaban J connectivity index is 2.94. The first-order valence-corrected chi connectivity index (χ1v) is 7.54. The van der Waals surface area contributed by atoms with Crippen molar-refractivity contribution in [2.24, 2.45) is 0 Å². The van der Waals surface area contributed by atoms with E-state index in [0.29, 0.717) is 23.7 Å². The van der Waals surface area contributed by atoms with Crippen LogP contribution in [0.25, 0.3) is 0 Å². The molecule has 0 unspecified atom stereocenters. The number of rotatable bonds is 5. The second kappa shape index (κ2) is 6.78. The quantitative estimate of drug-likeness (QED) is 0.793. The average molecular weight is 353 g/mol. The normalized spacial score (nSPS) is 11.4. The zero-order valence-electron chi connectivity index (χ0n) is 10.4. The molecule has 2 nitrogen and oxygen atoms in total. The van der Waals surface area contributed by atoms with Gasteiger partial charge in [0.15, 0.2) is 0 Å². The van der Waals surface area contributed by atoms with Gasteiger partial charge in [-0.3, -0.25) is 4.79 Å². The van der Waals surface area contributed by atoms with Gasteiger partial charge in [0, 0.05) is 21.8 Å². The van der Waals surface area contributed by atoms with E-state index in [1.165, 1.54) is 0 Å². The Kier molecular flexibility index (Phi) is 5.96. The first kappa shape index (κ1) is 15.8.